The topological polar surface area (TPSA) is 68.3 Å². The third-order valence-corrected chi connectivity index (χ3v) is 7.61. The van der Waals surface area contributed by atoms with Gasteiger partial charge in [0.2, 0.25) is 0 Å². The number of nitrogens with one attached hydrogen (secondary N) is 1. The van der Waals surface area contributed by atoms with Gasteiger partial charge in [0.05, 0.1) is 23.9 Å². The van der Waals surface area contributed by atoms with E-state index in [1.807, 2.05) is 86.0 Å². The summed E-state index contributed by atoms with van der Waals surface area (Å²) in [6.45, 7) is 4.09. The number of carbonyl (C=O) groups is 2. The minimum absolute atomic E-state index is 0.320. The first-order valence-corrected chi connectivity index (χ1v) is 13.3. The lowest BCUT2D eigenvalue weighted by atomic mass is 9.99. The number of para-hydroxylation sites is 1. The van der Waals surface area contributed by atoms with Crippen molar-refractivity contribution in [1.29, 1.82) is 0 Å². The van der Waals surface area contributed by atoms with Gasteiger partial charge in [-0.05, 0) is 49.2 Å². The fraction of sp³-hybridized carbons (Fsp3) is 0.100. The molecule has 37 heavy (non-hydrogen) atoms. The van der Waals surface area contributed by atoms with Crippen molar-refractivity contribution in [1.82, 2.24) is 4.98 Å². The molecule has 0 aliphatic rings. The highest BCUT2D eigenvalue weighted by Gasteiger charge is 2.24. The number of aryl methyl sites for hydroxylation is 2. The van der Waals surface area contributed by atoms with E-state index in [4.69, 9.17) is 9.72 Å². The van der Waals surface area contributed by atoms with Crippen LogP contribution in [0.15, 0.2) is 82.6 Å². The number of nitrogens with zero attached hydrogens (tertiary/aromatic N) is 1. The van der Waals surface area contributed by atoms with Crippen molar-refractivity contribution in [2.45, 2.75) is 13.8 Å². The number of hydrogen-bond donors (Lipinski definition) is 1. The van der Waals surface area contributed by atoms with Gasteiger partial charge in [-0.1, -0.05) is 70.0 Å². The van der Waals surface area contributed by atoms with Crippen LogP contribution in [0.5, 0.6) is 0 Å². The van der Waals surface area contributed by atoms with E-state index in [1.54, 1.807) is 0 Å². The Morgan fingerprint density at radius 2 is 1.70 bits per heavy atom. The van der Waals surface area contributed by atoms with Gasteiger partial charge >= 0.3 is 5.97 Å². The third kappa shape index (κ3) is 4.92. The van der Waals surface area contributed by atoms with Crippen molar-refractivity contribution in [2.24, 2.45) is 0 Å². The van der Waals surface area contributed by atoms with E-state index < -0.39 is 5.97 Å². The summed E-state index contributed by atoms with van der Waals surface area (Å²) in [5.41, 5.74) is 7.02. The molecular weight excluding hydrogens is 548 g/mol. The molecule has 1 amide bonds. The smallest absolute Gasteiger partial charge is 0.341 e. The number of halogens is 1. The highest BCUT2D eigenvalue weighted by molar-refractivity contribution is 9.10. The number of benzene rings is 3. The molecule has 0 radical (unpaired) electrons. The second kappa shape index (κ2) is 10.3. The average Bonchev–Trinajstić information content (AvgIpc) is 3.31. The Kier molecular flexibility index (Phi) is 6.91. The number of methoxy groups -OCH3 is 1. The van der Waals surface area contributed by atoms with Crippen LogP contribution in [0.2, 0.25) is 0 Å². The van der Waals surface area contributed by atoms with Crippen molar-refractivity contribution < 1.29 is 14.3 Å². The van der Waals surface area contributed by atoms with Gasteiger partial charge in [-0.25, -0.2) is 9.78 Å². The van der Waals surface area contributed by atoms with E-state index in [-0.39, 0.29) is 5.91 Å². The van der Waals surface area contributed by atoms with E-state index in [1.165, 1.54) is 18.4 Å². The van der Waals surface area contributed by atoms with Gasteiger partial charge in [0.1, 0.15) is 10.6 Å². The molecule has 0 bridgehead atoms. The number of ether oxygens (including phenoxy) is 1. The molecule has 0 saturated heterocycles. The molecule has 5 aromatic rings. The van der Waals surface area contributed by atoms with Gasteiger partial charge in [0.15, 0.2) is 0 Å². The Labute approximate surface area is 227 Å². The lowest BCUT2D eigenvalue weighted by Gasteiger charge is -2.13. The van der Waals surface area contributed by atoms with E-state index in [9.17, 15) is 9.59 Å². The number of amides is 1. The van der Waals surface area contributed by atoms with E-state index in [2.05, 4.69) is 27.3 Å². The number of anilines is 1. The summed E-state index contributed by atoms with van der Waals surface area (Å²) in [4.78, 5) is 31.4. The number of pyridine rings is 1. The van der Waals surface area contributed by atoms with Crippen LogP contribution in [-0.2, 0) is 4.74 Å². The first-order chi connectivity index (χ1) is 17.9. The first-order valence-electron chi connectivity index (χ1n) is 11.6. The van der Waals surface area contributed by atoms with Crippen molar-refractivity contribution in [3.05, 3.63) is 105 Å². The molecule has 5 nitrogen and oxygen atoms in total. The van der Waals surface area contributed by atoms with E-state index in [0.29, 0.717) is 21.7 Å². The molecule has 0 aliphatic carbocycles. The summed E-state index contributed by atoms with van der Waals surface area (Å²) in [5, 5.41) is 6.01. The Hall–Kier alpha value is -3.81. The van der Waals surface area contributed by atoms with Crippen LogP contribution in [0.25, 0.3) is 33.3 Å². The zero-order valence-electron chi connectivity index (χ0n) is 20.5. The number of thiophene rings is 1. The molecule has 184 valence electrons. The standard InChI is InChI=1S/C30H23BrN2O3S/c1-17-8-13-21(18(2)14-17)26-15-23(22-6-4-5-7-25(22)32-26)28(34)33-29-27(30(35)36-3)24(16-37-29)19-9-11-20(31)12-10-19/h4-16H,1-3H3,(H,33,34). The quantitative estimate of drug-likeness (QED) is 0.217. The Morgan fingerprint density at radius 3 is 2.43 bits per heavy atom. The van der Waals surface area contributed by atoms with Crippen LogP contribution in [-0.4, -0.2) is 24.0 Å². The largest absolute Gasteiger partial charge is 0.465 e. The van der Waals surface area contributed by atoms with E-state index in [0.717, 1.165) is 43.3 Å². The predicted molar refractivity (Wildman–Crippen MR) is 153 cm³/mol. The predicted octanol–water partition coefficient (Wildman–Crippen LogP) is 8.05. The summed E-state index contributed by atoms with van der Waals surface area (Å²) < 4.78 is 6.01. The molecule has 2 heterocycles. The molecule has 0 fully saturated rings. The molecule has 0 unspecified atom stereocenters. The van der Waals surface area contributed by atoms with Crippen molar-refractivity contribution in [3.63, 3.8) is 0 Å². The number of aromatic nitrogens is 1. The monoisotopic (exact) mass is 570 g/mol. The molecule has 5 rings (SSSR count). The van der Waals surface area contributed by atoms with Crippen LogP contribution >= 0.6 is 27.3 Å². The second-order valence-electron chi connectivity index (χ2n) is 8.70. The van der Waals surface area contributed by atoms with Crippen molar-refractivity contribution in [2.75, 3.05) is 12.4 Å². The molecule has 7 heteroatoms. The summed E-state index contributed by atoms with van der Waals surface area (Å²) in [6.07, 6.45) is 0. The SMILES string of the molecule is COC(=O)c1c(-c2ccc(Br)cc2)csc1NC(=O)c1cc(-c2ccc(C)cc2C)nc2ccccc12. The Balaban J connectivity index is 1.59. The lowest BCUT2D eigenvalue weighted by molar-refractivity contribution is 0.0603. The molecule has 0 saturated carbocycles. The van der Waals surface area contributed by atoms with Crippen LogP contribution in [0.3, 0.4) is 0 Å². The number of rotatable bonds is 5. The highest BCUT2D eigenvalue weighted by atomic mass is 79.9. The molecule has 1 N–H and O–H groups in total. The van der Waals surface area contributed by atoms with Gasteiger partial charge in [0, 0.05) is 26.4 Å². The molecule has 3 aromatic carbocycles. The fourth-order valence-corrected chi connectivity index (χ4v) is 5.59. The van der Waals surface area contributed by atoms with Crippen LogP contribution in [0.1, 0.15) is 31.8 Å². The Bertz CT molecular complexity index is 1660. The number of fused-ring (bicyclic) bond motifs is 1. The fourth-order valence-electron chi connectivity index (χ4n) is 4.37. The minimum Gasteiger partial charge on any atom is -0.465 e. The first kappa shape index (κ1) is 24.9. The lowest BCUT2D eigenvalue weighted by Crippen LogP contribution is -2.15. The number of esters is 1. The molecular formula is C30H23BrN2O3S. The maximum absolute atomic E-state index is 13.7. The Morgan fingerprint density at radius 1 is 0.946 bits per heavy atom. The highest BCUT2D eigenvalue weighted by Crippen LogP contribution is 2.37. The molecule has 0 aliphatic heterocycles. The summed E-state index contributed by atoms with van der Waals surface area (Å²) in [7, 11) is 1.34. The minimum atomic E-state index is -0.509. The second-order valence-corrected chi connectivity index (χ2v) is 10.5. The van der Waals surface area contributed by atoms with Gasteiger partial charge in [-0.3, -0.25) is 4.79 Å². The van der Waals surface area contributed by atoms with Gasteiger partial charge in [-0.2, -0.15) is 0 Å². The van der Waals surface area contributed by atoms with Crippen molar-refractivity contribution >= 4 is 55.0 Å². The summed E-state index contributed by atoms with van der Waals surface area (Å²) in [5.74, 6) is -0.830. The third-order valence-electron chi connectivity index (χ3n) is 6.18. The average molecular weight is 571 g/mol. The number of carbonyl (C=O) groups excluding carboxylic acids is 2. The number of hydrogen-bond acceptors (Lipinski definition) is 5. The van der Waals surface area contributed by atoms with Crippen LogP contribution in [0.4, 0.5) is 5.00 Å². The van der Waals surface area contributed by atoms with E-state index >= 15 is 0 Å². The van der Waals surface area contributed by atoms with Crippen molar-refractivity contribution in [3.8, 4) is 22.4 Å². The van der Waals surface area contributed by atoms with Crippen LogP contribution < -0.4 is 5.32 Å². The maximum Gasteiger partial charge on any atom is 0.341 e. The normalized spacial score (nSPS) is 10.9. The zero-order valence-corrected chi connectivity index (χ0v) is 22.9. The molecule has 0 atom stereocenters. The maximum atomic E-state index is 13.7. The van der Waals surface area contributed by atoms with Gasteiger partial charge in [0.25, 0.3) is 5.91 Å². The molecule has 0 spiro atoms. The zero-order chi connectivity index (χ0) is 26.1. The summed E-state index contributed by atoms with van der Waals surface area (Å²) in [6, 6.07) is 23.2. The van der Waals surface area contributed by atoms with Gasteiger partial charge < -0.3 is 10.1 Å². The van der Waals surface area contributed by atoms with Crippen LogP contribution in [0, 0.1) is 13.8 Å². The van der Waals surface area contributed by atoms with Gasteiger partial charge in [-0.15, -0.1) is 11.3 Å². The summed E-state index contributed by atoms with van der Waals surface area (Å²) >= 11 is 4.73. The molecule has 2 aromatic heterocycles.